The molecule has 0 saturated heterocycles. The zero-order valence-corrected chi connectivity index (χ0v) is 13.1. The van der Waals surface area contributed by atoms with Crippen LogP contribution in [-0.2, 0) is 11.2 Å². The van der Waals surface area contributed by atoms with E-state index in [1.54, 1.807) is 0 Å². The van der Waals surface area contributed by atoms with Crippen molar-refractivity contribution in [3.63, 3.8) is 0 Å². The molecule has 96 valence electrons. The summed E-state index contributed by atoms with van der Waals surface area (Å²) in [5.41, 5.74) is 2.65. The van der Waals surface area contributed by atoms with E-state index in [1.807, 2.05) is 42.5 Å². The van der Waals surface area contributed by atoms with Crippen LogP contribution in [0.5, 0.6) is 0 Å². The van der Waals surface area contributed by atoms with Crippen molar-refractivity contribution in [3.8, 4) is 0 Å². The number of rotatable bonds is 1. The van der Waals surface area contributed by atoms with Gasteiger partial charge in [-0.3, -0.25) is 0 Å². The number of cyclic esters (lactones) is 1. The summed E-state index contributed by atoms with van der Waals surface area (Å²) in [6.45, 7) is 0. The lowest BCUT2D eigenvalue weighted by molar-refractivity contribution is 0.0250. The quantitative estimate of drug-likeness (QED) is 0.671. The van der Waals surface area contributed by atoms with Crippen LogP contribution in [-0.4, -0.2) is 5.97 Å². The van der Waals surface area contributed by atoms with Gasteiger partial charge in [0.05, 0.1) is 5.56 Å². The van der Waals surface area contributed by atoms with E-state index < -0.39 is 0 Å². The number of carbonyl (C=O) groups excluding carboxylic acids is 1. The molecule has 0 saturated carbocycles. The molecule has 0 aromatic heterocycles. The van der Waals surface area contributed by atoms with E-state index >= 15 is 0 Å². The van der Waals surface area contributed by atoms with Gasteiger partial charge in [-0.2, -0.15) is 0 Å². The van der Waals surface area contributed by atoms with Gasteiger partial charge in [-0.05, 0) is 39.2 Å². The average Bonchev–Trinajstić information content (AvgIpc) is 2.43. The van der Waals surface area contributed by atoms with E-state index in [0.29, 0.717) is 12.0 Å². The molecule has 2 nitrogen and oxygen atoms in total. The highest BCUT2D eigenvalue weighted by Crippen LogP contribution is 2.37. The Hall–Kier alpha value is -1.13. The smallest absolute Gasteiger partial charge is 0.340 e. The minimum Gasteiger partial charge on any atom is -0.454 e. The zero-order chi connectivity index (χ0) is 13.4. The molecular formula is C15H10Br2O2. The number of benzene rings is 2. The van der Waals surface area contributed by atoms with Gasteiger partial charge in [-0.15, -0.1) is 0 Å². The monoisotopic (exact) mass is 380 g/mol. The maximum Gasteiger partial charge on any atom is 0.340 e. The van der Waals surface area contributed by atoms with E-state index in [-0.39, 0.29) is 12.1 Å². The molecule has 0 N–H and O–H groups in total. The van der Waals surface area contributed by atoms with Crippen molar-refractivity contribution < 1.29 is 9.53 Å². The minimum absolute atomic E-state index is 0.216. The molecule has 0 bridgehead atoms. The van der Waals surface area contributed by atoms with Crippen molar-refractivity contribution in [2.45, 2.75) is 12.5 Å². The standard InChI is InChI=1S/C15H10Br2O2/c16-11-6-7-12(17)14-10(11)8-13(19-15(14)18)9-4-2-1-3-5-9/h1-7,13H,8H2. The first-order valence-electron chi connectivity index (χ1n) is 5.89. The second-order valence-corrected chi connectivity index (χ2v) is 6.10. The van der Waals surface area contributed by atoms with Crippen LogP contribution in [0.2, 0.25) is 0 Å². The Labute approximate surface area is 128 Å². The molecule has 0 radical (unpaired) electrons. The Bertz CT molecular complexity index is 638. The lowest BCUT2D eigenvalue weighted by Gasteiger charge is -2.26. The number of ether oxygens (including phenoxy) is 1. The highest BCUT2D eigenvalue weighted by atomic mass is 79.9. The van der Waals surface area contributed by atoms with E-state index in [0.717, 1.165) is 20.1 Å². The third-order valence-electron chi connectivity index (χ3n) is 3.22. The highest BCUT2D eigenvalue weighted by Gasteiger charge is 2.30. The second kappa shape index (κ2) is 5.10. The SMILES string of the molecule is O=C1OC(c2ccccc2)Cc2c(Br)ccc(Br)c21. The van der Waals surface area contributed by atoms with Crippen LogP contribution >= 0.6 is 31.9 Å². The first-order chi connectivity index (χ1) is 9.16. The number of hydrogen-bond acceptors (Lipinski definition) is 2. The number of hydrogen-bond donors (Lipinski definition) is 0. The summed E-state index contributed by atoms with van der Waals surface area (Å²) in [5.74, 6) is -0.275. The van der Waals surface area contributed by atoms with Crippen molar-refractivity contribution in [1.82, 2.24) is 0 Å². The van der Waals surface area contributed by atoms with Gasteiger partial charge in [-0.25, -0.2) is 4.79 Å². The maximum atomic E-state index is 12.2. The summed E-state index contributed by atoms with van der Waals surface area (Å²) in [5, 5.41) is 0. The van der Waals surface area contributed by atoms with Crippen molar-refractivity contribution in [3.05, 3.63) is 68.1 Å². The minimum atomic E-state index is -0.275. The molecule has 1 heterocycles. The van der Waals surface area contributed by atoms with Gasteiger partial charge < -0.3 is 4.74 Å². The van der Waals surface area contributed by atoms with Crippen LogP contribution in [0.15, 0.2) is 51.4 Å². The number of fused-ring (bicyclic) bond motifs is 1. The van der Waals surface area contributed by atoms with Gasteiger partial charge in [0.15, 0.2) is 0 Å². The molecule has 1 aliphatic rings. The van der Waals surface area contributed by atoms with Crippen molar-refractivity contribution in [2.75, 3.05) is 0 Å². The number of halogens is 2. The first kappa shape index (κ1) is 12.9. The predicted molar refractivity (Wildman–Crippen MR) is 80.1 cm³/mol. The molecular weight excluding hydrogens is 372 g/mol. The van der Waals surface area contributed by atoms with Crippen molar-refractivity contribution in [1.29, 1.82) is 0 Å². The van der Waals surface area contributed by atoms with Gasteiger partial charge >= 0.3 is 5.97 Å². The van der Waals surface area contributed by atoms with Crippen LogP contribution in [0, 0.1) is 0 Å². The summed E-state index contributed by atoms with van der Waals surface area (Å²) in [6.07, 6.45) is 0.470. The van der Waals surface area contributed by atoms with E-state index in [9.17, 15) is 4.79 Å². The third kappa shape index (κ3) is 2.35. The Balaban J connectivity index is 2.05. The fraction of sp³-hybridized carbons (Fsp3) is 0.133. The second-order valence-electron chi connectivity index (χ2n) is 4.39. The van der Waals surface area contributed by atoms with Crippen LogP contribution in [0.25, 0.3) is 0 Å². The normalized spacial score (nSPS) is 17.8. The molecule has 2 aromatic rings. The average molecular weight is 382 g/mol. The van der Waals surface area contributed by atoms with Crippen molar-refractivity contribution in [2.24, 2.45) is 0 Å². The molecule has 0 fully saturated rings. The Morgan fingerprint density at radius 2 is 1.68 bits per heavy atom. The highest BCUT2D eigenvalue weighted by molar-refractivity contribution is 9.11. The zero-order valence-electron chi connectivity index (χ0n) is 9.90. The molecule has 3 rings (SSSR count). The lowest BCUT2D eigenvalue weighted by Crippen LogP contribution is -2.22. The summed E-state index contributed by atoms with van der Waals surface area (Å²) in [7, 11) is 0. The Morgan fingerprint density at radius 3 is 2.42 bits per heavy atom. The van der Waals surface area contributed by atoms with Crippen molar-refractivity contribution >= 4 is 37.8 Å². The molecule has 1 unspecified atom stereocenters. The first-order valence-corrected chi connectivity index (χ1v) is 7.48. The topological polar surface area (TPSA) is 26.3 Å². The third-order valence-corrected chi connectivity index (χ3v) is 4.62. The predicted octanol–water partition coefficient (Wildman–Crippen LogP) is 4.67. The van der Waals surface area contributed by atoms with E-state index in [1.165, 1.54) is 0 Å². The molecule has 0 spiro atoms. The lowest BCUT2D eigenvalue weighted by atomic mass is 9.95. The van der Waals surface area contributed by atoms with E-state index in [2.05, 4.69) is 31.9 Å². The maximum absolute atomic E-state index is 12.2. The molecule has 0 amide bonds. The Morgan fingerprint density at radius 1 is 1.00 bits per heavy atom. The van der Waals surface area contributed by atoms with Gasteiger partial charge in [0.25, 0.3) is 0 Å². The fourth-order valence-electron chi connectivity index (χ4n) is 2.28. The molecule has 0 aliphatic carbocycles. The van der Waals surface area contributed by atoms with Gasteiger partial charge in [0.1, 0.15) is 6.10 Å². The largest absolute Gasteiger partial charge is 0.454 e. The molecule has 19 heavy (non-hydrogen) atoms. The van der Waals surface area contributed by atoms with Crippen LogP contribution in [0.3, 0.4) is 0 Å². The van der Waals surface area contributed by atoms with Gasteiger partial charge in [0.2, 0.25) is 0 Å². The van der Waals surface area contributed by atoms with Crippen LogP contribution in [0.4, 0.5) is 0 Å². The molecule has 2 aromatic carbocycles. The Kier molecular flexibility index (Phi) is 3.46. The molecule has 4 heteroatoms. The fourth-order valence-corrected chi connectivity index (χ4v) is 3.31. The number of esters is 1. The molecule has 1 aliphatic heterocycles. The summed E-state index contributed by atoms with van der Waals surface area (Å²) in [6, 6.07) is 13.6. The van der Waals surface area contributed by atoms with Gasteiger partial charge in [-0.1, -0.05) is 46.3 Å². The van der Waals surface area contributed by atoms with Gasteiger partial charge in [0, 0.05) is 15.4 Å². The molecule has 1 atom stereocenters. The number of carbonyl (C=O) groups is 1. The van der Waals surface area contributed by atoms with Crippen LogP contribution in [0.1, 0.15) is 27.6 Å². The summed E-state index contributed by atoms with van der Waals surface area (Å²) in [4.78, 5) is 12.2. The summed E-state index contributed by atoms with van der Waals surface area (Å²) >= 11 is 6.93. The summed E-state index contributed by atoms with van der Waals surface area (Å²) < 4.78 is 7.27. The van der Waals surface area contributed by atoms with E-state index in [4.69, 9.17) is 4.74 Å². The van der Waals surface area contributed by atoms with Crippen LogP contribution < -0.4 is 0 Å².